The van der Waals surface area contributed by atoms with Crippen molar-refractivity contribution in [1.82, 2.24) is 0 Å². The zero-order chi connectivity index (χ0) is 80.9. The van der Waals surface area contributed by atoms with Gasteiger partial charge in [-0.15, -0.1) is 37.9 Å². The van der Waals surface area contributed by atoms with E-state index in [0.29, 0.717) is 77.8 Å². The number of phenolic OH excluding ortho intramolecular Hbond substituents is 4. The first-order valence-electron chi connectivity index (χ1n) is 45.0. The van der Waals surface area contributed by atoms with Crippen LogP contribution in [0.3, 0.4) is 0 Å². The molecule has 110 heavy (non-hydrogen) atoms. The third kappa shape index (κ3) is 29.7. The molecule has 0 bridgehead atoms. The van der Waals surface area contributed by atoms with Crippen LogP contribution in [0.1, 0.15) is 437 Å². The third-order valence-corrected chi connectivity index (χ3v) is 28.2. The summed E-state index contributed by atoms with van der Waals surface area (Å²) in [6.45, 7) is 33.4. The molecule has 0 spiro atoms. The summed E-state index contributed by atoms with van der Waals surface area (Å²) in [6.07, 6.45) is 51.8. The second-order valence-corrected chi connectivity index (χ2v) is 41.3. The molecule has 7 nitrogen and oxygen atoms in total. The maximum Gasteiger partial charge on any atom is 0.185 e. The first kappa shape index (κ1) is 95.0. The van der Waals surface area contributed by atoms with E-state index < -0.39 is 0 Å². The van der Waals surface area contributed by atoms with E-state index in [9.17, 15) is 34.8 Å². The smallest absolute Gasteiger partial charge is 0.185 e. The monoisotopic (exact) mass is 1570 g/mol. The Balaban J connectivity index is 1.44. The molecule has 4 N–H and O–H groups in total. The molecule has 0 saturated heterocycles. The number of hydrogen-bond donors (Lipinski definition) is 7. The summed E-state index contributed by atoms with van der Waals surface area (Å²) in [6, 6.07) is 26.2. The SMILES string of the molecule is CCC(CCCCCCCCCC(CCCCCCCCCC(CC)CCC(=O)S)(CCCCCCCCCC(CC)CCC(=O)S)CC(C1CCC(c2ccc(O)c(C(C)(C)C)c2)(c2ccc(O)c(C(C)(C)C)c2)CC1)C1CCC(c2ccc(O)c(C(C)(C)C)c2)(c2ccc(O)c(C(C)(C)C)c2)CC1)CCC(=O)S. The van der Waals surface area contributed by atoms with Crippen molar-refractivity contribution in [3.8, 4) is 23.0 Å². The molecule has 2 aliphatic carbocycles. The molecule has 2 fully saturated rings. The van der Waals surface area contributed by atoms with Gasteiger partial charge in [0.15, 0.2) is 15.3 Å². The maximum absolute atomic E-state index is 11.8. The highest BCUT2D eigenvalue weighted by atomic mass is 32.1. The standard InChI is InChI=1S/C100H160O7S3/c1-16-73(43-54-91(105)108)40-34-28-22-19-25-31-37-61-98(62-38-32-26-20-23-29-35-41-74(17-2)44-55-92(106)109,63-39-33-27-21-24-30-36-42-75(18-3)45-56-93(107)110)72-82(76-57-64-99(65-58-76,78-46-50-87(101)83(68-78)94(4,5)6)79-47-51-88(102)84(69-79)95(7,8)9)77-59-66-100(67-60-77,80-48-52-89(103)85(70-80)96(10,11)12)81-49-53-90(104)86(71-81)97(13,14)15/h46-53,68-71,73-77,82,101-104H,16-45,54-67,72H2,1-15H3,(H,105,108)(H,106,109)(H,107,110). The molecule has 0 radical (unpaired) electrons. The van der Waals surface area contributed by atoms with Gasteiger partial charge in [0, 0.05) is 30.1 Å². The highest BCUT2D eigenvalue weighted by Crippen LogP contribution is 2.59. The molecule has 2 aliphatic rings. The van der Waals surface area contributed by atoms with Gasteiger partial charge in [-0.3, -0.25) is 14.4 Å². The number of hydrogen-bond acceptors (Lipinski definition) is 7. The average Bonchev–Trinajstić information content (AvgIpc) is 0.746. The number of benzene rings is 4. The van der Waals surface area contributed by atoms with E-state index in [2.05, 4.69) is 190 Å². The Hall–Kier alpha value is -3.86. The third-order valence-electron chi connectivity index (χ3n) is 27.6. The van der Waals surface area contributed by atoms with E-state index >= 15 is 0 Å². The van der Waals surface area contributed by atoms with Gasteiger partial charge < -0.3 is 20.4 Å². The van der Waals surface area contributed by atoms with Gasteiger partial charge in [-0.05, 0) is 228 Å². The molecular formula is C100H160O7S3. The van der Waals surface area contributed by atoms with Crippen LogP contribution in [-0.2, 0) is 46.9 Å². The molecule has 0 amide bonds. The molecule has 2 saturated carbocycles. The highest BCUT2D eigenvalue weighted by molar-refractivity contribution is 7.97. The lowest BCUT2D eigenvalue weighted by molar-refractivity contribution is -0.111. The van der Waals surface area contributed by atoms with Gasteiger partial charge in [0.25, 0.3) is 0 Å². The number of thiol groups is 3. The largest absolute Gasteiger partial charge is 0.508 e. The minimum Gasteiger partial charge on any atom is -0.508 e. The Bertz CT molecular complexity index is 2980. The van der Waals surface area contributed by atoms with E-state index in [1.807, 2.05) is 24.3 Å². The fourth-order valence-corrected chi connectivity index (χ4v) is 20.7. The molecule has 6 rings (SSSR count). The first-order chi connectivity index (χ1) is 52.0. The normalized spacial score (nSPS) is 16.8. The molecular weight excluding hydrogens is 1410 g/mol. The second kappa shape index (κ2) is 45.6. The Morgan fingerprint density at radius 2 is 0.564 bits per heavy atom. The molecule has 0 aromatic heterocycles. The second-order valence-electron chi connectivity index (χ2n) is 39.8. The number of phenols is 4. The van der Waals surface area contributed by atoms with Gasteiger partial charge in [-0.25, -0.2) is 0 Å². The lowest BCUT2D eigenvalue weighted by Crippen LogP contribution is -2.41. The fourth-order valence-electron chi connectivity index (χ4n) is 20.3. The van der Waals surface area contributed by atoms with Crippen molar-refractivity contribution in [2.75, 3.05) is 0 Å². The van der Waals surface area contributed by atoms with Crippen LogP contribution in [0, 0.1) is 40.9 Å². The van der Waals surface area contributed by atoms with E-state index in [4.69, 9.17) is 0 Å². The van der Waals surface area contributed by atoms with E-state index in [1.165, 1.54) is 202 Å². The lowest BCUT2D eigenvalue weighted by atomic mass is 9.54. The Morgan fingerprint density at radius 3 is 0.773 bits per heavy atom. The molecule has 0 heterocycles. The summed E-state index contributed by atoms with van der Waals surface area (Å²) in [5.41, 5.74) is 7.48. The van der Waals surface area contributed by atoms with Crippen molar-refractivity contribution in [1.29, 1.82) is 0 Å². The van der Waals surface area contributed by atoms with Crippen molar-refractivity contribution >= 4 is 53.2 Å². The van der Waals surface area contributed by atoms with Gasteiger partial charge in [-0.2, -0.15) is 0 Å². The zero-order valence-corrected chi connectivity index (χ0v) is 75.3. The van der Waals surface area contributed by atoms with Crippen LogP contribution in [0.25, 0.3) is 0 Å². The fraction of sp³-hybridized carbons (Fsp3) is 0.730. The summed E-state index contributed by atoms with van der Waals surface area (Å²) in [7, 11) is 0. The van der Waals surface area contributed by atoms with Gasteiger partial charge in [0.05, 0.1) is 0 Å². The Kier molecular flexibility index (Phi) is 39.4. The summed E-state index contributed by atoms with van der Waals surface area (Å²) in [5, 5.41) is 46.7. The number of unbranched alkanes of at least 4 members (excludes halogenated alkanes) is 18. The van der Waals surface area contributed by atoms with Gasteiger partial charge in [-0.1, -0.05) is 326 Å². The van der Waals surface area contributed by atoms with Crippen LogP contribution >= 0.6 is 37.9 Å². The number of carbonyl (C=O) groups is 3. The zero-order valence-electron chi connectivity index (χ0n) is 72.6. The Labute approximate surface area is 689 Å². The topological polar surface area (TPSA) is 132 Å². The van der Waals surface area contributed by atoms with Gasteiger partial charge in [0.1, 0.15) is 23.0 Å². The lowest BCUT2D eigenvalue weighted by Gasteiger charge is -2.51. The van der Waals surface area contributed by atoms with Crippen molar-refractivity contribution < 1.29 is 34.8 Å². The molecule has 4 aromatic carbocycles. The van der Waals surface area contributed by atoms with Gasteiger partial charge in [0.2, 0.25) is 0 Å². The van der Waals surface area contributed by atoms with E-state index in [1.54, 1.807) is 0 Å². The molecule has 620 valence electrons. The predicted octanol–water partition coefficient (Wildman–Crippen LogP) is 29.7. The van der Waals surface area contributed by atoms with Crippen LogP contribution in [0.15, 0.2) is 72.8 Å². The van der Waals surface area contributed by atoms with Crippen LogP contribution in [0.2, 0.25) is 0 Å². The number of rotatable bonds is 50. The Morgan fingerprint density at radius 1 is 0.345 bits per heavy atom. The van der Waals surface area contributed by atoms with Crippen molar-refractivity contribution in [3.63, 3.8) is 0 Å². The molecule has 3 unspecified atom stereocenters. The summed E-state index contributed by atoms with van der Waals surface area (Å²) < 4.78 is 0. The van der Waals surface area contributed by atoms with E-state index in [-0.39, 0.29) is 53.3 Å². The molecule has 4 aromatic rings. The maximum atomic E-state index is 11.8. The van der Waals surface area contributed by atoms with Crippen LogP contribution in [0.5, 0.6) is 23.0 Å². The molecule has 0 aliphatic heterocycles. The quantitative estimate of drug-likeness (QED) is 0.0173. The van der Waals surface area contributed by atoms with Crippen molar-refractivity contribution in [3.05, 3.63) is 117 Å². The highest BCUT2D eigenvalue weighted by Gasteiger charge is 2.49. The molecule has 3 atom stereocenters. The van der Waals surface area contributed by atoms with Crippen LogP contribution in [0.4, 0.5) is 0 Å². The van der Waals surface area contributed by atoms with Crippen molar-refractivity contribution in [2.45, 2.75) is 425 Å². The van der Waals surface area contributed by atoms with Gasteiger partial charge >= 0.3 is 0 Å². The van der Waals surface area contributed by atoms with Crippen molar-refractivity contribution in [2.24, 2.45) is 40.9 Å². The average molecular weight is 1570 g/mol. The minimum atomic E-state index is -0.326. The summed E-state index contributed by atoms with van der Waals surface area (Å²) in [5.74, 6) is 4.74. The van der Waals surface area contributed by atoms with E-state index in [0.717, 1.165) is 112 Å². The van der Waals surface area contributed by atoms with Crippen LogP contribution in [-0.4, -0.2) is 35.8 Å². The molecule has 10 heteroatoms. The minimum absolute atomic E-state index is 0.0136. The number of carbonyl (C=O) groups excluding carboxylic acids is 3. The summed E-state index contributed by atoms with van der Waals surface area (Å²) in [4.78, 5) is 35.3. The first-order valence-corrected chi connectivity index (χ1v) is 46.4. The predicted molar refractivity (Wildman–Crippen MR) is 479 cm³/mol. The summed E-state index contributed by atoms with van der Waals surface area (Å²) >= 11 is 12.3. The van der Waals surface area contributed by atoms with Crippen LogP contribution < -0.4 is 0 Å². The number of aromatic hydroxyl groups is 4.